The number of fused-ring (bicyclic) bond motifs is 5. The van der Waals surface area contributed by atoms with Gasteiger partial charge in [0.15, 0.2) is 5.78 Å². The molecule has 258 valence electrons. The largest absolute Gasteiger partial charge is 0.457 e. The summed E-state index contributed by atoms with van der Waals surface area (Å²) in [6.45, 7) is 17.0. The predicted molar refractivity (Wildman–Crippen MR) is 168 cm³/mol. The number of ketones is 1. The molecular formula is C35H59Ac2NO8. The van der Waals surface area contributed by atoms with Crippen LogP contribution in [0.3, 0.4) is 0 Å². The van der Waals surface area contributed by atoms with Gasteiger partial charge in [-0.15, -0.1) is 0 Å². The molecule has 0 spiro atoms. The molecule has 11 atom stereocenters. The van der Waals surface area contributed by atoms with E-state index in [1.807, 2.05) is 41.7 Å². The van der Waals surface area contributed by atoms with Gasteiger partial charge in [-0.25, -0.2) is 0 Å². The smallest absolute Gasteiger partial charge is 0.314 e. The summed E-state index contributed by atoms with van der Waals surface area (Å²) < 4.78 is 12.1. The third-order valence-electron chi connectivity index (χ3n) is 13.4. The van der Waals surface area contributed by atoms with Gasteiger partial charge >= 0.3 is 5.97 Å². The second kappa shape index (κ2) is 15.2. The van der Waals surface area contributed by atoms with Crippen LogP contribution in [0.5, 0.6) is 0 Å². The first-order valence-electron chi connectivity index (χ1n) is 16.9. The van der Waals surface area contributed by atoms with E-state index in [-0.39, 0.29) is 114 Å². The van der Waals surface area contributed by atoms with Gasteiger partial charge in [-0.2, -0.15) is 0 Å². The van der Waals surface area contributed by atoms with Crippen LogP contribution in [-0.2, 0) is 19.1 Å². The van der Waals surface area contributed by atoms with Gasteiger partial charge in [0.05, 0.1) is 35.2 Å². The van der Waals surface area contributed by atoms with Crippen LogP contribution in [0.15, 0.2) is 11.1 Å². The number of unbranched alkanes of at least 4 members (excludes halogenated alkanes) is 1. The summed E-state index contributed by atoms with van der Waals surface area (Å²) in [5.74, 6) is -2.60. The van der Waals surface area contributed by atoms with Gasteiger partial charge in [0.2, 0.25) is 0 Å². The minimum atomic E-state index is -1.66. The second-order valence-electron chi connectivity index (χ2n) is 15.5. The van der Waals surface area contributed by atoms with Crippen molar-refractivity contribution in [2.45, 2.75) is 155 Å². The summed E-state index contributed by atoms with van der Waals surface area (Å²) in [4.78, 5) is 28.8. The molecule has 1 heterocycles. The van der Waals surface area contributed by atoms with Crippen LogP contribution in [0.25, 0.3) is 0 Å². The molecule has 1 saturated heterocycles. The molecule has 0 aromatic heterocycles. The molecule has 0 aromatic rings. The molecule has 11 heteroatoms. The van der Waals surface area contributed by atoms with Crippen molar-refractivity contribution >= 4 is 11.8 Å². The number of ether oxygens (including phenoxy) is 2. The van der Waals surface area contributed by atoms with Crippen LogP contribution in [0.2, 0.25) is 0 Å². The van der Waals surface area contributed by atoms with Crippen LogP contribution in [0, 0.1) is 116 Å². The van der Waals surface area contributed by atoms with E-state index >= 15 is 0 Å². The molecule has 46 heavy (non-hydrogen) atoms. The zero-order valence-corrected chi connectivity index (χ0v) is 39.4. The normalized spacial score (nSPS) is 40.7. The van der Waals surface area contributed by atoms with Gasteiger partial charge in [0.25, 0.3) is 0 Å². The minimum Gasteiger partial charge on any atom is -0.457 e. The monoisotopic (exact) mass is 1080 g/mol. The number of rotatable bonds is 10. The Labute approximate surface area is 348 Å². The summed E-state index contributed by atoms with van der Waals surface area (Å²) in [5, 5.41) is 51.6. The van der Waals surface area contributed by atoms with Gasteiger partial charge in [-0.05, 0) is 64.1 Å². The molecule has 5 N–H and O–H groups in total. The molecule has 3 unspecified atom stereocenters. The summed E-state index contributed by atoms with van der Waals surface area (Å²) >= 11 is 0. The first kappa shape index (κ1) is 43.7. The Morgan fingerprint density at radius 2 is 1.70 bits per heavy atom. The Hall–Kier alpha value is 1.52. The average Bonchev–Trinajstić information content (AvgIpc) is 2.97. The Balaban J connectivity index is 0.00000368. The molecule has 2 bridgehead atoms. The first-order chi connectivity index (χ1) is 20.3. The van der Waals surface area contributed by atoms with Gasteiger partial charge in [-0.1, -0.05) is 60.8 Å². The standard InChI is InChI=1S/C35H59NO8.2Ac/c1-11-14-16-33(36-10,15-12-2)31(8,13-3)29(40)44-22-18-35(42)21(5)27-32(9,23(37)17-24-34(27,41)19-43-24)28(39)26(38)25(20(22)4)30(35,6)7;;/h21-24,26-27,36-38,41-42H,11-19H2,1-10H3;;/t21-,22-,23-,24+,26+,27?,31?,32+,33?,34-,35+;;/m0../s1. The Morgan fingerprint density at radius 3 is 2.17 bits per heavy atom. The fraction of sp³-hybridized carbons (Fsp3) is 0.886. The second-order valence-corrected chi connectivity index (χ2v) is 15.5. The van der Waals surface area contributed by atoms with Crippen molar-refractivity contribution < 1.29 is 128 Å². The summed E-state index contributed by atoms with van der Waals surface area (Å²) in [7, 11) is 1.91. The van der Waals surface area contributed by atoms with Crippen LogP contribution in [-0.4, -0.2) is 87.0 Å². The maximum atomic E-state index is 14.4. The SMILES string of the molecule is CCCCC(CCC)(NC)C(C)(CC)C(=O)O[C@H]1C[C@@]2(O)[C@@H](C)C3[C@]4(O)CO[C@@H]4C[C@H](O)[C@@]3(C)C(=O)[C@H](O)C(=C1C)C2(C)C.[Ac].[Ac]. The molecule has 3 fully saturated rings. The van der Waals surface area contributed by atoms with E-state index in [1.54, 1.807) is 13.8 Å². The summed E-state index contributed by atoms with van der Waals surface area (Å²) in [6, 6.07) is 0. The number of aliphatic hydroxyl groups excluding tert-OH is 2. The van der Waals surface area contributed by atoms with Crippen LogP contribution in [0.4, 0.5) is 0 Å². The van der Waals surface area contributed by atoms with E-state index in [0.717, 1.165) is 32.1 Å². The molecule has 2 radical (unpaired) electrons. The van der Waals surface area contributed by atoms with Gasteiger partial charge in [-0.3, -0.25) is 9.59 Å². The molecule has 4 aliphatic rings. The molecular weight excluding hydrogens is 1020 g/mol. The number of carbonyl (C=O) groups is 2. The number of carbonyl (C=O) groups excluding carboxylic acids is 2. The average molecular weight is 1080 g/mol. The zero-order valence-electron chi connectivity index (χ0n) is 29.9. The van der Waals surface area contributed by atoms with Gasteiger partial charge in [0, 0.05) is 118 Å². The first-order valence-corrected chi connectivity index (χ1v) is 16.9. The fourth-order valence-electron chi connectivity index (χ4n) is 10.2. The van der Waals surface area contributed by atoms with Crippen LogP contribution in [0.1, 0.15) is 114 Å². The van der Waals surface area contributed by atoms with Crippen LogP contribution >= 0.6 is 0 Å². The van der Waals surface area contributed by atoms with Crippen molar-refractivity contribution in [3.05, 3.63) is 11.1 Å². The maximum Gasteiger partial charge on any atom is 0.314 e. The third kappa shape index (κ3) is 6.11. The van der Waals surface area contributed by atoms with Crippen molar-refractivity contribution in [2.24, 2.45) is 28.1 Å². The van der Waals surface area contributed by atoms with E-state index < -0.39 is 75.0 Å². The maximum absolute atomic E-state index is 14.4. The summed E-state index contributed by atoms with van der Waals surface area (Å²) in [6.07, 6.45) is 0.664. The van der Waals surface area contributed by atoms with E-state index in [1.165, 1.54) is 0 Å². The minimum absolute atomic E-state index is 0. The molecule has 3 aliphatic carbocycles. The van der Waals surface area contributed by atoms with Crippen molar-refractivity contribution in [1.29, 1.82) is 0 Å². The van der Waals surface area contributed by atoms with Gasteiger partial charge in [0.1, 0.15) is 17.8 Å². The fourth-order valence-corrected chi connectivity index (χ4v) is 10.2. The van der Waals surface area contributed by atoms with E-state index in [4.69, 9.17) is 9.47 Å². The molecule has 1 aliphatic heterocycles. The number of esters is 1. The topological polar surface area (TPSA) is 146 Å². The van der Waals surface area contributed by atoms with Crippen molar-refractivity contribution in [3.8, 4) is 0 Å². The Morgan fingerprint density at radius 1 is 1.09 bits per heavy atom. The molecule has 0 amide bonds. The van der Waals surface area contributed by atoms with E-state index in [2.05, 4.69) is 19.2 Å². The molecule has 2 saturated carbocycles. The van der Waals surface area contributed by atoms with Crippen molar-refractivity contribution in [1.82, 2.24) is 5.32 Å². The zero-order chi connectivity index (χ0) is 33.3. The van der Waals surface area contributed by atoms with E-state index in [9.17, 15) is 30.0 Å². The Kier molecular flexibility index (Phi) is 14.5. The van der Waals surface area contributed by atoms with Crippen molar-refractivity contribution in [3.63, 3.8) is 0 Å². The molecule has 0 aromatic carbocycles. The number of Topliss-reactive ketones (excluding diaryl/α,β-unsaturated/α-hetero) is 1. The quantitative estimate of drug-likeness (QED) is 0.163. The van der Waals surface area contributed by atoms with Crippen molar-refractivity contribution in [2.75, 3.05) is 13.7 Å². The Bertz CT molecular complexity index is 1180. The summed E-state index contributed by atoms with van der Waals surface area (Å²) in [5.41, 5.74) is -6.21. The number of nitrogens with one attached hydrogen (secondary N) is 1. The number of hydrogen-bond donors (Lipinski definition) is 5. The van der Waals surface area contributed by atoms with Gasteiger partial charge < -0.3 is 35.2 Å². The number of hydrogen-bond acceptors (Lipinski definition) is 9. The third-order valence-corrected chi connectivity index (χ3v) is 13.4. The molecule has 9 nitrogen and oxygen atoms in total. The predicted octanol–water partition coefficient (Wildman–Crippen LogP) is 3.84. The number of aliphatic hydroxyl groups is 4. The van der Waals surface area contributed by atoms with Crippen LogP contribution < -0.4 is 5.32 Å². The molecule has 4 rings (SSSR count). The van der Waals surface area contributed by atoms with E-state index in [0.29, 0.717) is 17.6 Å².